The number of benzene rings is 1. The molecule has 2 nitrogen and oxygen atoms in total. The first kappa shape index (κ1) is 10.2. The summed E-state index contributed by atoms with van der Waals surface area (Å²) < 4.78 is 25.7. The van der Waals surface area contributed by atoms with Crippen molar-refractivity contribution in [1.82, 2.24) is 0 Å². The molecule has 0 spiro atoms. The van der Waals surface area contributed by atoms with E-state index in [1.54, 1.807) is 0 Å². The Morgan fingerprint density at radius 1 is 1.38 bits per heavy atom. The van der Waals surface area contributed by atoms with Crippen LogP contribution in [0.2, 0.25) is 10.0 Å². The molecule has 0 bridgehead atoms. The number of carboxylic acids is 1. The van der Waals surface area contributed by atoms with Gasteiger partial charge in [-0.2, -0.15) is 0 Å². The first-order chi connectivity index (χ1) is 5.95. The molecule has 0 atom stereocenters. The van der Waals surface area contributed by atoms with E-state index in [9.17, 15) is 13.6 Å². The number of hydrogen-bond acceptors (Lipinski definition) is 1. The number of rotatable bonds is 1. The summed E-state index contributed by atoms with van der Waals surface area (Å²) in [4.78, 5) is 10.4. The smallest absolute Gasteiger partial charge is 0.340 e. The molecule has 0 aromatic heterocycles. The molecule has 1 N–H and O–H groups in total. The van der Waals surface area contributed by atoms with Gasteiger partial charge in [-0.3, -0.25) is 0 Å². The molecule has 1 aromatic rings. The second-order valence-electron chi connectivity index (χ2n) is 2.15. The van der Waals surface area contributed by atoms with E-state index >= 15 is 0 Å². The molecule has 0 aliphatic carbocycles. The van der Waals surface area contributed by atoms with E-state index in [1.807, 2.05) is 0 Å². The van der Waals surface area contributed by atoms with Gasteiger partial charge in [0.05, 0.1) is 10.0 Å². The zero-order valence-corrected chi connectivity index (χ0v) is 7.46. The summed E-state index contributed by atoms with van der Waals surface area (Å²) in [5, 5.41) is 7.05. The van der Waals surface area contributed by atoms with E-state index in [1.165, 1.54) is 0 Å². The van der Waals surface area contributed by atoms with Crippen LogP contribution in [-0.2, 0) is 0 Å². The van der Waals surface area contributed by atoms with Crippen molar-refractivity contribution < 1.29 is 18.7 Å². The van der Waals surface area contributed by atoms with E-state index in [2.05, 4.69) is 0 Å². The molecule has 0 saturated heterocycles. The molecule has 6 heteroatoms. The Morgan fingerprint density at radius 3 is 2.38 bits per heavy atom. The van der Waals surface area contributed by atoms with Gasteiger partial charge in [-0.05, 0) is 6.07 Å². The highest BCUT2D eigenvalue weighted by molar-refractivity contribution is 6.35. The van der Waals surface area contributed by atoms with Gasteiger partial charge in [0.15, 0.2) is 5.82 Å². The lowest BCUT2D eigenvalue weighted by atomic mass is 10.2. The van der Waals surface area contributed by atoms with Crippen LogP contribution < -0.4 is 0 Å². The highest BCUT2D eigenvalue weighted by Gasteiger charge is 2.21. The van der Waals surface area contributed by atoms with Crippen molar-refractivity contribution in [2.24, 2.45) is 0 Å². The highest BCUT2D eigenvalue weighted by Crippen LogP contribution is 2.28. The fraction of sp³-hybridized carbons (Fsp3) is 0. The Kier molecular flexibility index (Phi) is 2.73. The van der Waals surface area contributed by atoms with E-state index in [-0.39, 0.29) is 0 Å². The maximum absolute atomic E-state index is 12.9. The van der Waals surface area contributed by atoms with E-state index in [4.69, 9.17) is 28.3 Å². The van der Waals surface area contributed by atoms with Crippen molar-refractivity contribution in [3.63, 3.8) is 0 Å². The van der Waals surface area contributed by atoms with E-state index < -0.39 is 33.2 Å². The number of hydrogen-bond donors (Lipinski definition) is 1. The Hall–Kier alpha value is -0.870. The van der Waals surface area contributed by atoms with Gasteiger partial charge < -0.3 is 5.11 Å². The van der Waals surface area contributed by atoms with Crippen LogP contribution in [0.15, 0.2) is 6.07 Å². The number of carboxylic acid groups (broad SMARTS) is 1. The van der Waals surface area contributed by atoms with Crippen molar-refractivity contribution in [2.75, 3.05) is 0 Å². The SMILES string of the molecule is O=C(O)c1c(F)c(Cl)cc(F)c1Cl. The molecule has 1 rings (SSSR count). The quantitative estimate of drug-likeness (QED) is 0.748. The summed E-state index contributed by atoms with van der Waals surface area (Å²) in [6.07, 6.45) is 0. The van der Waals surface area contributed by atoms with Crippen molar-refractivity contribution in [1.29, 1.82) is 0 Å². The first-order valence-corrected chi connectivity index (χ1v) is 3.77. The van der Waals surface area contributed by atoms with Gasteiger partial charge in [0.25, 0.3) is 0 Å². The van der Waals surface area contributed by atoms with Crippen LogP contribution in [0.25, 0.3) is 0 Å². The maximum Gasteiger partial charge on any atom is 0.340 e. The number of halogens is 4. The van der Waals surface area contributed by atoms with Crippen LogP contribution >= 0.6 is 23.2 Å². The van der Waals surface area contributed by atoms with Gasteiger partial charge in [0.2, 0.25) is 0 Å². The maximum atomic E-state index is 12.9. The van der Waals surface area contributed by atoms with E-state index in [0.717, 1.165) is 0 Å². The molecule has 0 saturated carbocycles. The molecule has 0 fully saturated rings. The van der Waals surface area contributed by atoms with E-state index in [0.29, 0.717) is 6.07 Å². The third-order valence-corrected chi connectivity index (χ3v) is 1.97. The van der Waals surface area contributed by atoms with Crippen LogP contribution in [0, 0.1) is 11.6 Å². The van der Waals surface area contributed by atoms with Gasteiger partial charge in [-0.1, -0.05) is 23.2 Å². The van der Waals surface area contributed by atoms with Crippen molar-refractivity contribution in [3.8, 4) is 0 Å². The molecule has 70 valence electrons. The van der Waals surface area contributed by atoms with Crippen molar-refractivity contribution >= 4 is 29.2 Å². The predicted octanol–water partition coefficient (Wildman–Crippen LogP) is 2.97. The summed E-state index contributed by atoms with van der Waals surface area (Å²) in [6.45, 7) is 0. The van der Waals surface area contributed by atoms with Gasteiger partial charge in [0.1, 0.15) is 11.4 Å². The standard InChI is InChI=1S/C7H2Cl2F2O2/c8-2-1-3(10)5(9)4(6(2)11)7(12)13/h1H,(H,12,13). The van der Waals surface area contributed by atoms with Crippen LogP contribution in [-0.4, -0.2) is 11.1 Å². The van der Waals surface area contributed by atoms with Gasteiger partial charge in [-0.15, -0.1) is 0 Å². The molecule has 0 amide bonds. The third kappa shape index (κ3) is 1.73. The molecule has 0 heterocycles. The molecule has 0 unspecified atom stereocenters. The lowest BCUT2D eigenvalue weighted by Crippen LogP contribution is -2.04. The van der Waals surface area contributed by atoms with Gasteiger partial charge >= 0.3 is 5.97 Å². The zero-order valence-electron chi connectivity index (χ0n) is 5.94. The second kappa shape index (κ2) is 3.47. The Labute approximate surface area is 81.7 Å². The van der Waals surface area contributed by atoms with Crippen molar-refractivity contribution in [2.45, 2.75) is 0 Å². The van der Waals surface area contributed by atoms with Gasteiger partial charge in [-0.25, -0.2) is 13.6 Å². The summed E-state index contributed by atoms with van der Waals surface area (Å²) in [5.74, 6) is -3.96. The molecule has 13 heavy (non-hydrogen) atoms. The summed E-state index contributed by atoms with van der Waals surface area (Å²) in [5.41, 5.74) is -0.952. The Bertz CT molecular complexity index is 353. The number of carbonyl (C=O) groups is 1. The molecule has 0 radical (unpaired) electrons. The minimum Gasteiger partial charge on any atom is -0.478 e. The van der Waals surface area contributed by atoms with Crippen LogP contribution in [0.5, 0.6) is 0 Å². The Morgan fingerprint density at radius 2 is 1.92 bits per heavy atom. The largest absolute Gasteiger partial charge is 0.478 e. The highest BCUT2D eigenvalue weighted by atomic mass is 35.5. The predicted molar refractivity (Wildman–Crippen MR) is 43.3 cm³/mol. The zero-order chi connectivity index (χ0) is 10.2. The van der Waals surface area contributed by atoms with Gasteiger partial charge in [0, 0.05) is 0 Å². The fourth-order valence-electron chi connectivity index (χ4n) is 0.761. The topological polar surface area (TPSA) is 37.3 Å². The molecule has 0 aliphatic heterocycles. The lowest BCUT2D eigenvalue weighted by Gasteiger charge is -2.03. The third-order valence-electron chi connectivity index (χ3n) is 1.33. The molecule has 1 aromatic carbocycles. The van der Waals surface area contributed by atoms with Crippen LogP contribution in [0.3, 0.4) is 0 Å². The summed E-state index contributed by atoms with van der Waals surface area (Å²) in [6, 6.07) is 0.617. The van der Waals surface area contributed by atoms with Crippen LogP contribution in [0.1, 0.15) is 10.4 Å². The Balaban J connectivity index is 3.56. The first-order valence-electron chi connectivity index (χ1n) is 3.01. The van der Waals surface area contributed by atoms with Crippen molar-refractivity contribution in [3.05, 3.63) is 33.3 Å². The normalized spacial score (nSPS) is 10.2. The summed E-state index contributed by atoms with van der Waals surface area (Å²) in [7, 11) is 0. The fourth-order valence-corrected chi connectivity index (χ4v) is 1.17. The summed E-state index contributed by atoms with van der Waals surface area (Å²) >= 11 is 10.4. The lowest BCUT2D eigenvalue weighted by molar-refractivity contribution is 0.0691. The molecular weight excluding hydrogens is 225 g/mol. The minimum absolute atomic E-state index is 0.612. The number of aromatic carboxylic acids is 1. The minimum atomic E-state index is -1.66. The molecule has 0 aliphatic rings. The monoisotopic (exact) mass is 226 g/mol. The average Bonchev–Trinajstić information content (AvgIpc) is 2.01. The second-order valence-corrected chi connectivity index (χ2v) is 2.93. The molecular formula is C7H2Cl2F2O2. The average molecular weight is 227 g/mol. The van der Waals surface area contributed by atoms with Crippen LogP contribution in [0.4, 0.5) is 8.78 Å².